The third kappa shape index (κ3) is 8.39. The zero-order valence-corrected chi connectivity index (χ0v) is 41.6. The van der Waals surface area contributed by atoms with Crippen LogP contribution in [0.2, 0.25) is 0 Å². The molecule has 13 rings (SSSR count). The van der Waals surface area contributed by atoms with E-state index in [4.69, 9.17) is 0 Å². The molecule has 0 heterocycles. The van der Waals surface area contributed by atoms with Crippen LogP contribution in [0.15, 0.2) is 285 Å². The quantitative estimate of drug-likeness (QED) is 0.132. The predicted octanol–water partition coefficient (Wildman–Crippen LogP) is 20.3. The number of benzene rings is 12. The van der Waals surface area contributed by atoms with Gasteiger partial charge < -0.3 is 4.90 Å². The normalized spacial score (nSPS) is 12.3. The Hall–Kier alpha value is -9.30. The maximum atomic E-state index is 2.41. The molecule has 12 aromatic rings. The van der Waals surface area contributed by atoms with E-state index in [0.29, 0.717) is 0 Å². The summed E-state index contributed by atoms with van der Waals surface area (Å²) in [7, 11) is 0. The number of hydrogen-bond acceptors (Lipinski definition) is 1. The van der Waals surface area contributed by atoms with Gasteiger partial charge in [-0.1, -0.05) is 226 Å². The molecule has 0 aliphatic heterocycles. The lowest BCUT2D eigenvalue weighted by molar-refractivity contribution is 0.660. The Morgan fingerprint density at radius 3 is 1.11 bits per heavy atom. The van der Waals surface area contributed by atoms with Gasteiger partial charge >= 0.3 is 0 Å². The molecule has 0 fully saturated rings. The molecule has 0 saturated heterocycles. The van der Waals surface area contributed by atoms with Crippen molar-refractivity contribution in [3.63, 3.8) is 0 Å². The van der Waals surface area contributed by atoms with Gasteiger partial charge in [-0.2, -0.15) is 0 Å². The van der Waals surface area contributed by atoms with Crippen molar-refractivity contribution >= 4 is 27.8 Å². The van der Waals surface area contributed by atoms with E-state index in [1.807, 2.05) is 0 Å². The van der Waals surface area contributed by atoms with Crippen molar-refractivity contribution in [1.82, 2.24) is 0 Å². The predicted molar refractivity (Wildman–Crippen MR) is 314 cm³/mol. The molecule has 0 saturated carbocycles. The molecule has 0 radical (unpaired) electrons. The SMILES string of the molecule is CC1(C)c2ccccc2-c2ccc(-c3ccc(N(c4ccc(-c5ccc(-c6cccc(-c7ccc8ccccc8c7)c6)cc5)cc4)c4ccc(-c5cc(-c6ccccc6)cc(-c6ccccc6)c5)cc4)cc3)cc21. The summed E-state index contributed by atoms with van der Waals surface area (Å²) in [5, 5.41) is 2.51. The Morgan fingerprint density at radius 1 is 0.216 bits per heavy atom. The van der Waals surface area contributed by atoms with Crippen molar-refractivity contribution in [1.29, 1.82) is 0 Å². The number of hydrogen-bond donors (Lipinski definition) is 0. The minimum absolute atomic E-state index is 0.0596. The molecule has 1 aliphatic carbocycles. The van der Waals surface area contributed by atoms with Crippen molar-refractivity contribution in [3.05, 3.63) is 296 Å². The van der Waals surface area contributed by atoms with Gasteiger partial charge in [-0.3, -0.25) is 0 Å². The van der Waals surface area contributed by atoms with Gasteiger partial charge in [0.05, 0.1) is 0 Å². The Balaban J connectivity index is 0.830. The third-order valence-corrected chi connectivity index (χ3v) is 15.3. The van der Waals surface area contributed by atoms with Crippen molar-refractivity contribution in [2.75, 3.05) is 4.90 Å². The fraction of sp³-hybridized carbons (Fsp3) is 0.0411. The summed E-state index contributed by atoms with van der Waals surface area (Å²) in [6.07, 6.45) is 0. The van der Waals surface area contributed by atoms with Crippen LogP contribution in [-0.2, 0) is 5.41 Å². The van der Waals surface area contributed by atoms with Crippen molar-refractivity contribution in [3.8, 4) is 89.0 Å². The van der Waals surface area contributed by atoms with Crippen LogP contribution in [0.1, 0.15) is 25.0 Å². The van der Waals surface area contributed by atoms with Crippen LogP contribution in [0.3, 0.4) is 0 Å². The zero-order valence-electron chi connectivity index (χ0n) is 41.6. The Morgan fingerprint density at radius 2 is 0.554 bits per heavy atom. The summed E-state index contributed by atoms with van der Waals surface area (Å²) < 4.78 is 0. The van der Waals surface area contributed by atoms with Gasteiger partial charge in [-0.05, 0) is 184 Å². The Kier molecular flexibility index (Phi) is 11.3. The number of anilines is 3. The highest BCUT2D eigenvalue weighted by atomic mass is 15.1. The molecule has 0 aromatic heterocycles. The van der Waals surface area contributed by atoms with E-state index >= 15 is 0 Å². The Labute approximate surface area is 435 Å². The zero-order chi connectivity index (χ0) is 49.6. The lowest BCUT2D eigenvalue weighted by Gasteiger charge is -2.26. The van der Waals surface area contributed by atoms with Crippen LogP contribution < -0.4 is 4.90 Å². The van der Waals surface area contributed by atoms with Gasteiger partial charge in [-0.15, -0.1) is 0 Å². The minimum atomic E-state index is -0.0596. The molecule has 0 unspecified atom stereocenters. The van der Waals surface area contributed by atoms with E-state index < -0.39 is 0 Å². The van der Waals surface area contributed by atoms with Gasteiger partial charge in [0, 0.05) is 22.5 Å². The van der Waals surface area contributed by atoms with E-state index in [9.17, 15) is 0 Å². The third-order valence-electron chi connectivity index (χ3n) is 15.3. The summed E-state index contributed by atoms with van der Waals surface area (Å²) in [6.45, 7) is 4.70. The largest absolute Gasteiger partial charge is 0.311 e. The van der Waals surface area contributed by atoms with Crippen molar-refractivity contribution < 1.29 is 0 Å². The highest BCUT2D eigenvalue weighted by Gasteiger charge is 2.35. The highest BCUT2D eigenvalue weighted by Crippen LogP contribution is 2.50. The fourth-order valence-corrected chi connectivity index (χ4v) is 11.2. The van der Waals surface area contributed by atoms with Crippen LogP contribution >= 0.6 is 0 Å². The van der Waals surface area contributed by atoms with Gasteiger partial charge in [0.25, 0.3) is 0 Å². The molecule has 0 spiro atoms. The highest BCUT2D eigenvalue weighted by molar-refractivity contribution is 5.89. The molecule has 0 amide bonds. The van der Waals surface area contributed by atoms with Gasteiger partial charge in [0.15, 0.2) is 0 Å². The molecule has 350 valence electrons. The first-order valence-electron chi connectivity index (χ1n) is 25.7. The standard InChI is InChI=1S/C73H53N/c1-73(2)71-23-12-11-22-69(71)70-43-36-62(49-72(70)73)56-32-39-67(40-33-56)74(68-41-34-57(35-42-68)65-47-63(50-14-5-3-6-15-50)46-64(48-65)51-16-7-4-8-17-51)66-37-30-54(31-38-66)53-24-26-55(27-25-53)59-20-13-21-60(44-59)61-29-28-52-18-9-10-19-58(52)45-61/h3-49H,1-2H3. The molecule has 0 atom stereocenters. The molecular formula is C73H53N. The monoisotopic (exact) mass is 943 g/mol. The van der Waals surface area contributed by atoms with Gasteiger partial charge in [0.1, 0.15) is 0 Å². The summed E-state index contributed by atoms with van der Waals surface area (Å²) >= 11 is 0. The lowest BCUT2D eigenvalue weighted by Crippen LogP contribution is -2.14. The Bertz CT molecular complexity index is 3920. The fourth-order valence-electron chi connectivity index (χ4n) is 11.2. The second kappa shape index (κ2) is 18.7. The topological polar surface area (TPSA) is 3.24 Å². The summed E-state index contributed by atoms with van der Waals surface area (Å²) in [4.78, 5) is 2.38. The lowest BCUT2D eigenvalue weighted by atomic mass is 9.81. The maximum Gasteiger partial charge on any atom is 0.0462 e. The van der Waals surface area contributed by atoms with Crippen LogP contribution in [0.4, 0.5) is 17.1 Å². The number of rotatable bonds is 10. The average molecular weight is 944 g/mol. The summed E-state index contributed by atoms with van der Waals surface area (Å²) in [6, 6.07) is 105. The number of fused-ring (bicyclic) bond motifs is 4. The van der Waals surface area contributed by atoms with Crippen molar-refractivity contribution in [2.45, 2.75) is 19.3 Å². The van der Waals surface area contributed by atoms with E-state index in [1.54, 1.807) is 0 Å². The van der Waals surface area contributed by atoms with Gasteiger partial charge in [-0.25, -0.2) is 0 Å². The second-order valence-electron chi connectivity index (χ2n) is 20.2. The smallest absolute Gasteiger partial charge is 0.0462 e. The van der Waals surface area contributed by atoms with E-state index in [-0.39, 0.29) is 5.41 Å². The maximum absolute atomic E-state index is 2.41. The molecule has 12 aromatic carbocycles. The van der Waals surface area contributed by atoms with E-state index in [2.05, 4.69) is 304 Å². The van der Waals surface area contributed by atoms with Crippen molar-refractivity contribution in [2.24, 2.45) is 0 Å². The van der Waals surface area contributed by atoms with Crippen LogP contribution in [0.25, 0.3) is 99.8 Å². The average Bonchev–Trinajstić information content (AvgIpc) is 3.71. The molecule has 1 heteroatoms. The van der Waals surface area contributed by atoms with Crippen LogP contribution in [0.5, 0.6) is 0 Å². The molecule has 1 nitrogen and oxygen atoms in total. The van der Waals surface area contributed by atoms with Gasteiger partial charge in [0.2, 0.25) is 0 Å². The second-order valence-corrected chi connectivity index (χ2v) is 20.2. The van der Waals surface area contributed by atoms with Crippen LogP contribution in [0, 0.1) is 0 Å². The molecule has 74 heavy (non-hydrogen) atoms. The van der Waals surface area contributed by atoms with E-state index in [1.165, 1.54) is 111 Å². The summed E-state index contributed by atoms with van der Waals surface area (Å²) in [5.74, 6) is 0. The molecule has 0 bridgehead atoms. The molecular weight excluding hydrogens is 891 g/mol. The number of nitrogens with zero attached hydrogens (tertiary/aromatic N) is 1. The van der Waals surface area contributed by atoms with Crippen LogP contribution in [-0.4, -0.2) is 0 Å². The molecule has 1 aliphatic rings. The summed E-state index contributed by atoms with van der Waals surface area (Å²) in [5.41, 5.74) is 25.4. The first-order chi connectivity index (χ1) is 36.4. The van der Waals surface area contributed by atoms with E-state index in [0.717, 1.165) is 17.1 Å². The minimum Gasteiger partial charge on any atom is -0.311 e. The molecule has 0 N–H and O–H groups in total. The first kappa shape index (κ1) is 44.6. The first-order valence-corrected chi connectivity index (χ1v) is 25.7.